The van der Waals surface area contributed by atoms with Gasteiger partial charge >= 0.3 is 0 Å². The fourth-order valence-electron chi connectivity index (χ4n) is 3.81. The predicted molar refractivity (Wildman–Crippen MR) is 69.7 cm³/mol. The van der Waals surface area contributed by atoms with Crippen LogP contribution in [-0.4, -0.2) is 36.6 Å². The molecule has 2 nitrogen and oxygen atoms in total. The highest BCUT2D eigenvalue weighted by molar-refractivity contribution is 4.89. The minimum Gasteiger partial charge on any atom is -0.315 e. The van der Waals surface area contributed by atoms with Gasteiger partial charge in [0.05, 0.1) is 0 Å². The van der Waals surface area contributed by atoms with Crippen LogP contribution < -0.4 is 5.32 Å². The summed E-state index contributed by atoms with van der Waals surface area (Å²) >= 11 is 0. The largest absolute Gasteiger partial charge is 0.315 e. The van der Waals surface area contributed by atoms with E-state index >= 15 is 0 Å². The Labute approximate surface area is 101 Å². The molecule has 16 heavy (non-hydrogen) atoms. The van der Waals surface area contributed by atoms with E-state index in [1.54, 1.807) is 0 Å². The molecule has 0 radical (unpaired) electrons. The second-order valence-corrected chi connectivity index (χ2v) is 5.50. The van der Waals surface area contributed by atoms with Crippen LogP contribution in [0, 0.1) is 5.92 Å². The van der Waals surface area contributed by atoms with E-state index in [2.05, 4.69) is 24.1 Å². The van der Waals surface area contributed by atoms with Crippen molar-refractivity contribution >= 4 is 0 Å². The Morgan fingerprint density at radius 2 is 2.00 bits per heavy atom. The number of nitrogens with one attached hydrogen (secondary N) is 1. The standard InChI is InChI=1S/C14H28N2/c1-3-12-7-5-9-14(12)16(4-2)13-8-6-10-15-11-13/h12-15H,3-11H2,1-2H3. The lowest BCUT2D eigenvalue weighted by Gasteiger charge is -2.40. The number of hydrogen-bond donors (Lipinski definition) is 1. The molecule has 2 heteroatoms. The van der Waals surface area contributed by atoms with Crippen LogP contribution in [0.15, 0.2) is 0 Å². The van der Waals surface area contributed by atoms with Gasteiger partial charge in [-0.05, 0) is 44.7 Å². The van der Waals surface area contributed by atoms with Crippen LogP contribution in [0.4, 0.5) is 0 Å². The van der Waals surface area contributed by atoms with Gasteiger partial charge in [-0.2, -0.15) is 0 Å². The van der Waals surface area contributed by atoms with Gasteiger partial charge in [-0.25, -0.2) is 0 Å². The van der Waals surface area contributed by atoms with Gasteiger partial charge in [0.15, 0.2) is 0 Å². The average Bonchev–Trinajstić information content (AvgIpc) is 2.80. The maximum atomic E-state index is 3.56. The summed E-state index contributed by atoms with van der Waals surface area (Å²) in [4.78, 5) is 2.81. The highest BCUT2D eigenvalue weighted by Crippen LogP contribution is 2.33. The predicted octanol–water partition coefficient (Wildman–Crippen LogP) is 2.64. The van der Waals surface area contributed by atoms with Crippen LogP contribution in [-0.2, 0) is 0 Å². The van der Waals surface area contributed by atoms with Crippen molar-refractivity contribution in [2.24, 2.45) is 5.92 Å². The number of rotatable bonds is 4. The molecular weight excluding hydrogens is 196 g/mol. The Morgan fingerprint density at radius 3 is 2.62 bits per heavy atom. The van der Waals surface area contributed by atoms with Crippen molar-refractivity contribution in [3.63, 3.8) is 0 Å². The Kier molecular flexibility index (Phi) is 4.66. The zero-order valence-electron chi connectivity index (χ0n) is 11.0. The van der Waals surface area contributed by atoms with E-state index in [0.717, 1.165) is 18.0 Å². The van der Waals surface area contributed by atoms with E-state index in [1.165, 1.54) is 58.2 Å². The molecule has 1 aliphatic carbocycles. The van der Waals surface area contributed by atoms with Gasteiger partial charge in [0.1, 0.15) is 0 Å². The van der Waals surface area contributed by atoms with Crippen LogP contribution in [0.5, 0.6) is 0 Å². The Balaban J connectivity index is 1.97. The molecule has 94 valence electrons. The van der Waals surface area contributed by atoms with E-state index in [1.807, 2.05) is 0 Å². The molecule has 2 aliphatic rings. The van der Waals surface area contributed by atoms with Gasteiger partial charge in [0.2, 0.25) is 0 Å². The first-order chi connectivity index (χ1) is 7.86. The lowest BCUT2D eigenvalue weighted by molar-refractivity contribution is 0.0935. The molecule has 0 aromatic rings. The number of nitrogens with zero attached hydrogens (tertiary/aromatic N) is 1. The molecular formula is C14H28N2. The first kappa shape index (κ1) is 12.4. The first-order valence-corrected chi connectivity index (χ1v) is 7.33. The fraction of sp³-hybridized carbons (Fsp3) is 1.00. The number of likely N-dealkylation sites (N-methyl/N-ethyl adjacent to an activating group) is 1. The van der Waals surface area contributed by atoms with E-state index in [9.17, 15) is 0 Å². The highest BCUT2D eigenvalue weighted by Gasteiger charge is 2.33. The Hall–Kier alpha value is -0.0800. The highest BCUT2D eigenvalue weighted by atomic mass is 15.2. The lowest BCUT2D eigenvalue weighted by Crippen LogP contribution is -2.51. The second-order valence-electron chi connectivity index (χ2n) is 5.50. The normalized spacial score (nSPS) is 35.8. The van der Waals surface area contributed by atoms with Crippen molar-refractivity contribution in [1.82, 2.24) is 10.2 Å². The lowest BCUT2D eigenvalue weighted by atomic mass is 9.95. The molecule has 1 N–H and O–H groups in total. The minimum absolute atomic E-state index is 0.816. The summed E-state index contributed by atoms with van der Waals surface area (Å²) in [5, 5.41) is 3.56. The van der Waals surface area contributed by atoms with Crippen LogP contribution in [0.1, 0.15) is 52.4 Å². The van der Waals surface area contributed by atoms with Crippen molar-refractivity contribution in [2.75, 3.05) is 19.6 Å². The Morgan fingerprint density at radius 1 is 1.12 bits per heavy atom. The summed E-state index contributed by atoms with van der Waals surface area (Å²) in [6.45, 7) is 8.42. The van der Waals surface area contributed by atoms with Gasteiger partial charge in [-0.1, -0.05) is 26.7 Å². The van der Waals surface area contributed by atoms with Gasteiger partial charge in [-0.15, -0.1) is 0 Å². The Bertz CT molecular complexity index is 199. The molecule has 1 saturated carbocycles. The van der Waals surface area contributed by atoms with Gasteiger partial charge in [-0.3, -0.25) is 4.90 Å². The third kappa shape index (κ3) is 2.60. The van der Waals surface area contributed by atoms with E-state index in [4.69, 9.17) is 0 Å². The summed E-state index contributed by atoms with van der Waals surface area (Å²) in [5.74, 6) is 0.974. The molecule has 3 atom stereocenters. The fourth-order valence-corrected chi connectivity index (χ4v) is 3.81. The van der Waals surface area contributed by atoms with E-state index in [0.29, 0.717) is 0 Å². The van der Waals surface area contributed by atoms with Gasteiger partial charge < -0.3 is 5.32 Å². The van der Waals surface area contributed by atoms with E-state index < -0.39 is 0 Å². The third-order valence-electron chi connectivity index (χ3n) is 4.67. The smallest absolute Gasteiger partial charge is 0.0224 e. The quantitative estimate of drug-likeness (QED) is 0.790. The van der Waals surface area contributed by atoms with Crippen LogP contribution >= 0.6 is 0 Å². The average molecular weight is 224 g/mol. The molecule has 2 fully saturated rings. The van der Waals surface area contributed by atoms with Crippen molar-refractivity contribution in [3.8, 4) is 0 Å². The zero-order valence-corrected chi connectivity index (χ0v) is 11.0. The number of hydrogen-bond acceptors (Lipinski definition) is 2. The second kappa shape index (κ2) is 6.02. The maximum absolute atomic E-state index is 3.56. The summed E-state index contributed by atoms with van der Waals surface area (Å²) in [7, 11) is 0. The molecule has 0 bridgehead atoms. The van der Waals surface area contributed by atoms with Crippen LogP contribution in [0.25, 0.3) is 0 Å². The third-order valence-corrected chi connectivity index (χ3v) is 4.67. The molecule has 2 rings (SSSR count). The van der Waals surface area contributed by atoms with Crippen molar-refractivity contribution in [1.29, 1.82) is 0 Å². The molecule has 1 saturated heterocycles. The summed E-state index contributed by atoms with van der Waals surface area (Å²) in [6.07, 6.45) is 8.53. The first-order valence-electron chi connectivity index (χ1n) is 7.33. The van der Waals surface area contributed by atoms with Crippen molar-refractivity contribution < 1.29 is 0 Å². The molecule has 3 unspecified atom stereocenters. The molecule has 1 aliphatic heterocycles. The monoisotopic (exact) mass is 224 g/mol. The molecule has 0 amide bonds. The van der Waals surface area contributed by atoms with E-state index in [-0.39, 0.29) is 0 Å². The topological polar surface area (TPSA) is 15.3 Å². The van der Waals surface area contributed by atoms with Gasteiger partial charge in [0, 0.05) is 18.6 Å². The molecule has 1 heterocycles. The molecule has 0 spiro atoms. The van der Waals surface area contributed by atoms with Crippen LogP contribution in [0.2, 0.25) is 0 Å². The molecule has 0 aromatic heterocycles. The SMILES string of the molecule is CCC1CCCC1N(CC)C1CCCNC1. The summed E-state index contributed by atoms with van der Waals surface area (Å²) in [5.41, 5.74) is 0. The van der Waals surface area contributed by atoms with Crippen molar-refractivity contribution in [3.05, 3.63) is 0 Å². The number of piperidine rings is 1. The maximum Gasteiger partial charge on any atom is 0.0224 e. The van der Waals surface area contributed by atoms with Crippen LogP contribution in [0.3, 0.4) is 0 Å². The summed E-state index contributed by atoms with van der Waals surface area (Å²) in [6, 6.07) is 1.70. The minimum atomic E-state index is 0.816. The van der Waals surface area contributed by atoms with Gasteiger partial charge in [0.25, 0.3) is 0 Å². The molecule has 0 aromatic carbocycles. The van der Waals surface area contributed by atoms with Crippen molar-refractivity contribution in [2.45, 2.75) is 64.5 Å². The summed E-state index contributed by atoms with van der Waals surface area (Å²) < 4.78 is 0. The zero-order chi connectivity index (χ0) is 11.4.